The predicted octanol–water partition coefficient (Wildman–Crippen LogP) is 3.34. The second-order valence-electron chi connectivity index (χ2n) is 6.27. The molecule has 0 bridgehead atoms. The lowest BCUT2D eigenvalue weighted by atomic mass is 9.90. The zero-order valence-corrected chi connectivity index (χ0v) is 13.8. The molecule has 2 aliphatic rings. The number of rotatable bonds is 3. The Morgan fingerprint density at radius 2 is 2.20 bits per heavy atom. The van der Waals surface area contributed by atoms with Crippen LogP contribution < -0.4 is 5.32 Å². The largest absolute Gasteiger partial charge is 0.311 e. The molecule has 4 heteroatoms. The van der Waals surface area contributed by atoms with Crippen molar-refractivity contribution in [2.45, 2.75) is 57.2 Å². The third kappa shape index (κ3) is 2.92. The Kier molecular flexibility index (Phi) is 4.43. The quantitative estimate of drug-likeness (QED) is 0.916. The highest BCUT2D eigenvalue weighted by Gasteiger charge is 2.43. The van der Waals surface area contributed by atoms with Crippen molar-refractivity contribution in [3.05, 3.63) is 28.5 Å². The Balaban J connectivity index is 1.77. The molecule has 1 saturated heterocycles. The van der Waals surface area contributed by atoms with Crippen LogP contribution in [0.25, 0.3) is 0 Å². The van der Waals surface area contributed by atoms with E-state index in [0.29, 0.717) is 11.6 Å². The van der Waals surface area contributed by atoms with Crippen molar-refractivity contribution in [2.75, 3.05) is 13.1 Å². The Morgan fingerprint density at radius 3 is 2.85 bits per heavy atom. The van der Waals surface area contributed by atoms with Crippen LogP contribution in [0.4, 0.5) is 0 Å². The molecule has 1 aromatic rings. The van der Waals surface area contributed by atoms with E-state index >= 15 is 0 Å². The van der Waals surface area contributed by atoms with E-state index in [1.54, 1.807) is 0 Å². The molecule has 3 rings (SSSR count). The minimum atomic E-state index is 0.389. The van der Waals surface area contributed by atoms with Gasteiger partial charge in [-0.15, -0.1) is 0 Å². The summed E-state index contributed by atoms with van der Waals surface area (Å²) in [6.45, 7) is 5.59. The summed E-state index contributed by atoms with van der Waals surface area (Å²) >= 11 is 3.47. The van der Waals surface area contributed by atoms with Crippen LogP contribution in [-0.4, -0.2) is 34.6 Å². The standard InChI is InChI=1S/C16H24BrN3/c1-2-14-10-20(11-15-6-5-13(17)9-18-15)16(12-19-14)7-3-4-8-16/h5-6,9,14,19H,2-4,7-8,10-12H2,1H3. The van der Waals surface area contributed by atoms with Crippen LogP contribution in [-0.2, 0) is 6.54 Å². The van der Waals surface area contributed by atoms with E-state index in [4.69, 9.17) is 0 Å². The molecule has 1 unspecified atom stereocenters. The summed E-state index contributed by atoms with van der Waals surface area (Å²) in [5, 5.41) is 3.76. The van der Waals surface area contributed by atoms with Gasteiger partial charge >= 0.3 is 0 Å². The molecule has 20 heavy (non-hydrogen) atoms. The van der Waals surface area contributed by atoms with Crippen LogP contribution in [0, 0.1) is 0 Å². The molecule has 110 valence electrons. The van der Waals surface area contributed by atoms with Crippen LogP contribution in [0.15, 0.2) is 22.8 Å². The number of nitrogens with zero attached hydrogens (tertiary/aromatic N) is 2. The van der Waals surface area contributed by atoms with Gasteiger partial charge < -0.3 is 5.32 Å². The normalized spacial score (nSPS) is 26.2. The SMILES string of the molecule is CCC1CN(Cc2ccc(Br)cn2)C2(CCCC2)CN1. The van der Waals surface area contributed by atoms with Crippen LogP contribution in [0.1, 0.15) is 44.7 Å². The van der Waals surface area contributed by atoms with E-state index in [1.807, 2.05) is 6.20 Å². The molecule has 1 atom stereocenters. The summed E-state index contributed by atoms with van der Waals surface area (Å²) in [4.78, 5) is 7.28. The molecule has 2 heterocycles. The zero-order chi connectivity index (χ0) is 14.0. The first-order valence-electron chi connectivity index (χ1n) is 7.81. The summed E-state index contributed by atoms with van der Waals surface area (Å²) in [6.07, 6.45) is 8.56. The van der Waals surface area contributed by atoms with Crippen molar-refractivity contribution in [1.29, 1.82) is 0 Å². The topological polar surface area (TPSA) is 28.2 Å². The first-order valence-corrected chi connectivity index (χ1v) is 8.60. The lowest BCUT2D eigenvalue weighted by molar-refractivity contribution is 0.0339. The average Bonchev–Trinajstić information content (AvgIpc) is 2.93. The minimum Gasteiger partial charge on any atom is -0.311 e. The molecule has 1 aliphatic heterocycles. The first-order chi connectivity index (χ1) is 9.72. The Labute approximate surface area is 130 Å². The van der Waals surface area contributed by atoms with Gasteiger partial charge in [0.15, 0.2) is 0 Å². The number of halogens is 1. The van der Waals surface area contributed by atoms with Crippen molar-refractivity contribution in [1.82, 2.24) is 15.2 Å². The van der Waals surface area contributed by atoms with Crippen LogP contribution in [0.5, 0.6) is 0 Å². The molecule has 0 radical (unpaired) electrons. The monoisotopic (exact) mass is 337 g/mol. The number of nitrogens with one attached hydrogen (secondary N) is 1. The summed E-state index contributed by atoms with van der Waals surface area (Å²) in [5.41, 5.74) is 1.58. The average molecular weight is 338 g/mol. The molecule has 0 aromatic carbocycles. The van der Waals surface area contributed by atoms with Crippen LogP contribution in [0.2, 0.25) is 0 Å². The highest BCUT2D eigenvalue weighted by molar-refractivity contribution is 9.10. The lowest BCUT2D eigenvalue weighted by Gasteiger charge is -2.48. The van der Waals surface area contributed by atoms with E-state index in [0.717, 1.165) is 24.1 Å². The summed E-state index contributed by atoms with van der Waals surface area (Å²) in [6, 6.07) is 4.88. The number of piperazine rings is 1. The molecule has 0 amide bonds. The van der Waals surface area contributed by atoms with E-state index in [2.05, 4.69) is 50.2 Å². The molecular weight excluding hydrogens is 314 g/mol. The van der Waals surface area contributed by atoms with Gasteiger partial charge in [-0.25, -0.2) is 0 Å². The molecule has 1 saturated carbocycles. The molecule has 1 aliphatic carbocycles. The van der Waals surface area contributed by atoms with E-state index in [-0.39, 0.29) is 0 Å². The van der Waals surface area contributed by atoms with Crippen molar-refractivity contribution in [2.24, 2.45) is 0 Å². The second kappa shape index (κ2) is 6.12. The summed E-state index contributed by atoms with van der Waals surface area (Å²) in [7, 11) is 0. The second-order valence-corrected chi connectivity index (χ2v) is 7.18. The van der Waals surface area contributed by atoms with Gasteiger partial charge in [0, 0.05) is 41.9 Å². The molecule has 2 fully saturated rings. The third-order valence-electron chi connectivity index (χ3n) is 5.00. The fourth-order valence-corrected chi connectivity index (χ4v) is 3.93. The van der Waals surface area contributed by atoms with E-state index in [1.165, 1.54) is 37.8 Å². The number of hydrogen-bond donors (Lipinski definition) is 1. The Hall–Kier alpha value is -0.450. The molecule has 1 aromatic heterocycles. The van der Waals surface area contributed by atoms with Crippen molar-refractivity contribution < 1.29 is 0 Å². The Morgan fingerprint density at radius 1 is 1.40 bits per heavy atom. The predicted molar refractivity (Wildman–Crippen MR) is 85.6 cm³/mol. The fourth-order valence-electron chi connectivity index (χ4n) is 3.70. The maximum Gasteiger partial charge on any atom is 0.0545 e. The highest BCUT2D eigenvalue weighted by atomic mass is 79.9. The maximum absolute atomic E-state index is 4.57. The highest BCUT2D eigenvalue weighted by Crippen LogP contribution is 2.37. The fraction of sp³-hybridized carbons (Fsp3) is 0.688. The first kappa shape index (κ1) is 14.5. The molecule has 1 N–H and O–H groups in total. The van der Waals surface area contributed by atoms with E-state index < -0.39 is 0 Å². The molecule has 1 spiro atoms. The minimum absolute atomic E-state index is 0.389. The van der Waals surface area contributed by atoms with Crippen molar-refractivity contribution >= 4 is 15.9 Å². The molecular formula is C16H24BrN3. The van der Waals surface area contributed by atoms with Gasteiger partial charge in [0.2, 0.25) is 0 Å². The van der Waals surface area contributed by atoms with Crippen LogP contribution in [0.3, 0.4) is 0 Å². The summed E-state index contributed by atoms with van der Waals surface area (Å²) in [5.74, 6) is 0. The summed E-state index contributed by atoms with van der Waals surface area (Å²) < 4.78 is 1.06. The third-order valence-corrected chi connectivity index (χ3v) is 5.47. The Bertz CT molecular complexity index is 440. The number of aromatic nitrogens is 1. The van der Waals surface area contributed by atoms with Gasteiger partial charge in [-0.2, -0.15) is 0 Å². The van der Waals surface area contributed by atoms with Gasteiger partial charge in [-0.1, -0.05) is 19.8 Å². The smallest absolute Gasteiger partial charge is 0.0545 e. The zero-order valence-electron chi connectivity index (χ0n) is 12.2. The van der Waals surface area contributed by atoms with Gasteiger partial charge in [0.05, 0.1) is 5.69 Å². The van der Waals surface area contributed by atoms with Gasteiger partial charge in [0.25, 0.3) is 0 Å². The maximum atomic E-state index is 4.57. The number of pyridine rings is 1. The lowest BCUT2D eigenvalue weighted by Crippen LogP contribution is -2.63. The van der Waals surface area contributed by atoms with Gasteiger partial charge in [-0.05, 0) is 47.3 Å². The van der Waals surface area contributed by atoms with Crippen molar-refractivity contribution in [3.63, 3.8) is 0 Å². The van der Waals surface area contributed by atoms with Crippen LogP contribution >= 0.6 is 15.9 Å². The van der Waals surface area contributed by atoms with E-state index in [9.17, 15) is 0 Å². The van der Waals surface area contributed by atoms with Gasteiger partial charge in [0.1, 0.15) is 0 Å². The number of hydrogen-bond acceptors (Lipinski definition) is 3. The molecule has 3 nitrogen and oxygen atoms in total. The van der Waals surface area contributed by atoms with Crippen molar-refractivity contribution in [3.8, 4) is 0 Å². The van der Waals surface area contributed by atoms with Gasteiger partial charge in [-0.3, -0.25) is 9.88 Å².